The van der Waals surface area contributed by atoms with Gasteiger partial charge in [0.05, 0.1) is 11.6 Å². The lowest BCUT2D eigenvalue weighted by molar-refractivity contribution is -0.132. The molecule has 156 valence electrons. The van der Waals surface area contributed by atoms with E-state index in [0.29, 0.717) is 11.3 Å². The van der Waals surface area contributed by atoms with Crippen LogP contribution >= 0.6 is 0 Å². The Hall–Kier alpha value is -3.73. The number of Topliss-reactive ketones (excluding diaryl/α,β-unsaturated/α-hetero) is 1. The summed E-state index contributed by atoms with van der Waals surface area (Å²) in [6.07, 6.45) is 0. The van der Waals surface area contributed by atoms with Gasteiger partial charge in [0, 0.05) is 16.8 Å². The molecule has 4 nitrogen and oxygen atoms in total. The predicted molar refractivity (Wildman–Crippen MR) is 118 cm³/mol. The third kappa shape index (κ3) is 3.52. The molecule has 0 radical (unpaired) electrons. The molecular weight excluding hydrogens is 393 g/mol. The Labute approximate surface area is 180 Å². The Morgan fingerprint density at radius 2 is 1.61 bits per heavy atom. The number of hydrogen-bond acceptors (Lipinski definition) is 3. The van der Waals surface area contributed by atoms with Crippen molar-refractivity contribution < 1.29 is 19.1 Å². The topological polar surface area (TPSA) is 57.6 Å². The number of aliphatic hydroxyl groups is 1. The first kappa shape index (κ1) is 20.5. The van der Waals surface area contributed by atoms with E-state index in [4.69, 9.17) is 0 Å². The molecule has 0 spiro atoms. The summed E-state index contributed by atoms with van der Waals surface area (Å²) in [6.45, 7) is 5.55. The molecule has 1 N–H and O–H groups in total. The average molecular weight is 415 g/mol. The number of aliphatic hydroxyl groups excluding tert-OH is 1. The molecule has 1 aliphatic heterocycles. The molecule has 1 amide bonds. The van der Waals surface area contributed by atoms with Gasteiger partial charge in [0.2, 0.25) is 0 Å². The van der Waals surface area contributed by atoms with Gasteiger partial charge in [0.1, 0.15) is 11.6 Å². The van der Waals surface area contributed by atoms with Crippen LogP contribution < -0.4 is 4.90 Å². The molecule has 3 aromatic rings. The molecule has 1 fully saturated rings. The van der Waals surface area contributed by atoms with Gasteiger partial charge in [-0.2, -0.15) is 0 Å². The zero-order valence-corrected chi connectivity index (χ0v) is 17.5. The van der Waals surface area contributed by atoms with Crippen LogP contribution in [0.4, 0.5) is 10.1 Å². The maximum atomic E-state index is 14.9. The number of carbonyl (C=O) groups is 2. The number of rotatable bonds is 3. The molecule has 4 rings (SSSR count). The normalized spacial score (nSPS) is 17.9. The maximum absolute atomic E-state index is 14.9. The van der Waals surface area contributed by atoms with Crippen molar-refractivity contribution >= 4 is 23.1 Å². The summed E-state index contributed by atoms with van der Waals surface area (Å²) in [7, 11) is 0. The van der Waals surface area contributed by atoms with Crippen LogP contribution in [0.1, 0.15) is 33.9 Å². The molecule has 0 aromatic heterocycles. The van der Waals surface area contributed by atoms with Crippen LogP contribution in [0.3, 0.4) is 0 Å². The van der Waals surface area contributed by atoms with E-state index in [9.17, 15) is 19.1 Å². The van der Waals surface area contributed by atoms with Crippen LogP contribution in [0, 0.1) is 26.6 Å². The highest BCUT2D eigenvalue weighted by Crippen LogP contribution is 2.43. The summed E-state index contributed by atoms with van der Waals surface area (Å²) in [5.74, 6) is -2.50. The first-order valence-corrected chi connectivity index (χ1v) is 9.99. The van der Waals surface area contributed by atoms with Crippen LogP contribution in [0.5, 0.6) is 0 Å². The van der Waals surface area contributed by atoms with Crippen molar-refractivity contribution in [3.8, 4) is 0 Å². The van der Waals surface area contributed by atoms with Gasteiger partial charge in [-0.15, -0.1) is 0 Å². The highest BCUT2D eigenvalue weighted by molar-refractivity contribution is 6.51. The second-order valence-electron chi connectivity index (χ2n) is 7.85. The number of aryl methyl sites for hydroxylation is 3. The monoisotopic (exact) mass is 415 g/mol. The number of benzene rings is 3. The van der Waals surface area contributed by atoms with Gasteiger partial charge >= 0.3 is 0 Å². The summed E-state index contributed by atoms with van der Waals surface area (Å²) < 4.78 is 14.9. The summed E-state index contributed by atoms with van der Waals surface area (Å²) >= 11 is 0. The molecule has 5 heteroatoms. The van der Waals surface area contributed by atoms with E-state index in [1.54, 1.807) is 36.4 Å². The van der Waals surface area contributed by atoms with Crippen molar-refractivity contribution in [2.45, 2.75) is 26.8 Å². The van der Waals surface area contributed by atoms with Crippen molar-refractivity contribution in [3.63, 3.8) is 0 Å². The summed E-state index contributed by atoms with van der Waals surface area (Å²) in [6, 6.07) is 17.5. The molecule has 1 heterocycles. The Kier molecular flexibility index (Phi) is 5.19. The van der Waals surface area contributed by atoms with Crippen molar-refractivity contribution in [2.24, 2.45) is 0 Å². The van der Waals surface area contributed by atoms with Gasteiger partial charge in [-0.3, -0.25) is 14.5 Å². The van der Waals surface area contributed by atoms with Crippen LogP contribution in [0.2, 0.25) is 0 Å². The minimum atomic E-state index is -1.08. The van der Waals surface area contributed by atoms with Crippen LogP contribution in [0.25, 0.3) is 5.76 Å². The minimum absolute atomic E-state index is 0.120. The maximum Gasteiger partial charge on any atom is 0.300 e. The van der Waals surface area contributed by atoms with Gasteiger partial charge < -0.3 is 5.11 Å². The van der Waals surface area contributed by atoms with Crippen LogP contribution in [-0.4, -0.2) is 16.8 Å². The zero-order chi connectivity index (χ0) is 22.3. The van der Waals surface area contributed by atoms with Gasteiger partial charge in [-0.1, -0.05) is 48.0 Å². The number of carbonyl (C=O) groups excluding carboxylic acids is 2. The number of ketones is 1. The SMILES string of the molecule is Cc1cccc(N2C(=O)C(=O)/C(=C(/O)c3cc(C)ccc3C)C2c2ccccc2F)c1. The second-order valence-corrected chi connectivity index (χ2v) is 7.85. The lowest BCUT2D eigenvalue weighted by atomic mass is 9.93. The minimum Gasteiger partial charge on any atom is -0.507 e. The third-order valence-corrected chi connectivity index (χ3v) is 5.57. The van der Waals surface area contributed by atoms with Crippen molar-refractivity contribution in [3.05, 3.63) is 106 Å². The van der Waals surface area contributed by atoms with E-state index in [2.05, 4.69) is 0 Å². The first-order valence-electron chi connectivity index (χ1n) is 9.99. The quantitative estimate of drug-likeness (QED) is 0.355. The van der Waals surface area contributed by atoms with Gasteiger partial charge in [-0.25, -0.2) is 4.39 Å². The van der Waals surface area contributed by atoms with E-state index < -0.39 is 23.5 Å². The van der Waals surface area contributed by atoms with Gasteiger partial charge in [-0.05, 0) is 56.2 Å². The standard InChI is InChI=1S/C26H22FNO3/c1-15-7-6-8-18(13-15)28-23(19-9-4-5-10-21(19)27)22(25(30)26(28)31)24(29)20-14-16(2)11-12-17(20)3/h4-14,23,29H,1-3H3/b24-22+. The summed E-state index contributed by atoms with van der Waals surface area (Å²) in [5.41, 5.74) is 3.47. The van der Waals surface area contributed by atoms with Crippen molar-refractivity contribution in [2.75, 3.05) is 4.90 Å². The Morgan fingerprint density at radius 3 is 2.32 bits per heavy atom. The largest absolute Gasteiger partial charge is 0.507 e. The molecule has 1 atom stereocenters. The Balaban J connectivity index is 2.02. The summed E-state index contributed by atoms with van der Waals surface area (Å²) in [5, 5.41) is 11.2. The number of hydrogen-bond donors (Lipinski definition) is 1. The van der Waals surface area contributed by atoms with Crippen LogP contribution in [-0.2, 0) is 9.59 Å². The molecule has 31 heavy (non-hydrogen) atoms. The lowest BCUT2D eigenvalue weighted by Gasteiger charge is -2.26. The van der Waals surface area contributed by atoms with Crippen LogP contribution in [0.15, 0.2) is 72.3 Å². The highest BCUT2D eigenvalue weighted by atomic mass is 19.1. The first-order chi connectivity index (χ1) is 14.8. The van der Waals surface area contributed by atoms with E-state index in [-0.39, 0.29) is 16.9 Å². The third-order valence-electron chi connectivity index (χ3n) is 5.57. The van der Waals surface area contributed by atoms with Crippen molar-refractivity contribution in [1.82, 2.24) is 0 Å². The van der Waals surface area contributed by atoms with E-state index in [1.165, 1.54) is 17.0 Å². The number of anilines is 1. The number of nitrogens with zero attached hydrogens (tertiary/aromatic N) is 1. The van der Waals surface area contributed by atoms with Gasteiger partial charge in [0.25, 0.3) is 11.7 Å². The summed E-state index contributed by atoms with van der Waals surface area (Å²) in [4.78, 5) is 27.5. The van der Waals surface area contributed by atoms with E-state index in [1.807, 2.05) is 39.0 Å². The smallest absolute Gasteiger partial charge is 0.300 e. The average Bonchev–Trinajstić information content (AvgIpc) is 3.00. The molecule has 0 bridgehead atoms. The molecule has 0 saturated carbocycles. The Morgan fingerprint density at radius 1 is 0.903 bits per heavy atom. The van der Waals surface area contributed by atoms with Crippen molar-refractivity contribution in [1.29, 1.82) is 0 Å². The number of halogens is 1. The fraction of sp³-hybridized carbons (Fsp3) is 0.154. The van der Waals surface area contributed by atoms with E-state index in [0.717, 1.165) is 16.7 Å². The molecule has 1 saturated heterocycles. The molecular formula is C26H22FNO3. The van der Waals surface area contributed by atoms with Gasteiger partial charge in [0.15, 0.2) is 0 Å². The second kappa shape index (κ2) is 7.84. The van der Waals surface area contributed by atoms with E-state index >= 15 is 0 Å². The lowest BCUT2D eigenvalue weighted by Crippen LogP contribution is -2.29. The fourth-order valence-corrected chi connectivity index (χ4v) is 4.00. The Bertz CT molecular complexity index is 1240. The zero-order valence-electron chi connectivity index (χ0n) is 17.5. The molecule has 3 aromatic carbocycles. The molecule has 1 unspecified atom stereocenters. The predicted octanol–water partition coefficient (Wildman–Crippen LogP) is 5.38. The molecule has 1 aliphatic rings. The fourth-order valence-electron chi connectivity index (χ4n) is 4.00. The molecule has 0 aliphatic carbocycles. The highest BCUT2D eigenvalue weighted by Gasteiger charge is 2.47. The number of amides is 1.